The summed E-state index contributed by atoms with van der Waals surface area (Å²) in [6.07, 6.45) is 1.35. The molecule has 8 nitrogen and oxygen atoms in total. The second kappa shape index (κ2) is 8.74. The largest absolute Gasteiger partial charge is 0.486 e. The van der Waals surface area contributed by atoms with Crippen LogP contribution in [0.2, 0.25) is 0 Å². The summed E-state index contributed by atoms with van der Waals surface area (Å²) in [6, 6.07) is 17.1. The lowest BCUT2D eigenvalue weighted by Crippen LogP contribution is -2.17. The van der Waals surface area contributed by atoms with Gasteiger partial charge in [0.1, 0.15) is 29.5 Å². The number of nitrogens with zero attached hydrogens (tertiary/aromatic N) is 2. The predicted octanol–water partition coefficient (Wildman–Crippen LogP) is 4.17. The SMILES string of the molecule is CCOC(=O)c1cnn(C)c1NC(=O)c1ccc(COc2ccc3ccccc3c2)o1. The van der Waals surface area contributed by atoms with Crippen molar-refractivity contribution in [3.63, 3.8) is 0 Å². The van der Waals surface area contributed by atoms with Crippen LogP contribution in [-0.4, -0.2) is 28.3 Å². The molecule has 0 aliphatic heterocycles. The van der Waals surface area contributed by atoms with E-state index in [1.54, 1.807) is 26.1 Å². The average molecular weight is 419 g/mol. The summed E-state index contributed by atoms with van der Waals surface area (Å²) in [7, 11) is 1.61. The number of aromatic nitrogens is 2. The van der Waals surface area contributed by atoms with Crippen LogP contribution in [0.1, 0.15) is 33.6 Å². The minimum Gasteiger partial charge on any atom is -0.486 e. The monoisotopic (exact) mass is 419 g/mol. The molecule has 0 aliphatic rings. The summed E-state index contributed by atoms with van der Waals surface area (Å²) in [5, 5.41) is 8.86. The number of ether oxygens (including phenoxy) is 2. The molecule has 0 aliphatic carbocycles. The van der Waals surface area contributed by atoms with Gasteiger partial charge in [-0.15, -0.1) is 0 Å². The van der Waals surface area contributed by atoms with E-state index in [-0.39, 0.29) is 30.4 Å². The van der Waals surface area contributed by atoms with E-state index in [1.165, 1.54) is 10.9 Å². The maximum absolute atomic E-state index is 12.6. The number of rotatable bonds is 7. The van der Waals surface area contributed by atoms with Crippen molar-refractivity contribution in [2.45, 2.75) is 13.5 Å². The Morgan fingerprint density at radius 1 is 1.10 bits per heavy atom. The molecule has 0 atom stereocenters. The van der Waals surface area contributed by atoms with Crippen LogP contribution in [0.5, 0.6) is 5.75 Å². The van der Waals surface area contributed by atoms with Gasteiger partial charge < -0.3 is 19.2 Å². The fourth-order valence-corrected chi connectivity index (χ4v) is 3.10. The van der Waals surface area contributed by atoms with Crippen molar-refractivity contribution in [3.05, 3.63) is 77.9 Å². The van der Waals surface area contributed by atoms with Crippen molar-refractivity contribution in [2.75, 3.05) is 11.9 Å². The zero-order valence-corrected chi connectivity index (χ0v) is 17.1. The van der Waals surface area contributed by atoms with Gasteiger partial charge in [0, 0.05) is 7.05 Å². The molecule has 0 spiro atoms. The first kappa shape index (κ1) is 20.2. The van der Waals surface area contributed by atoms with E-state index >= 15 is 0 Å². The number of carbonyl (C=O) groups is 2. The van der Waals surface area contributed by atoms with Crippen molar-refractivity contribution in [2.24, 2.45) is 7.05 Å². The number of nitrogens with one attached hydrogen (secondary N) is 1. The standard InChI is InChI=1S/C23H21N3O5/c1-3-29-23(28)19-13-24-26(2)21(19)25-22(27)20-11-10-18(31-20)14-30-17-9-8-15-6-4-5-7-16(15)12-17/h4-13H,3,14H2,1-2H3,(H,25,27). The van der Waals surface area contributed by atoms with Crippen molar-refractivity contribution >= 4 is 28.5 Å². The average Bonchev–Trinajstić information content (AvgIpc) is 3.39. The molecule has 0 saturated heterocycles. The van der Waals surface area contributed by atoms with Gasteiger partial charge in [-0.05, 0) is 42.0 Å². The van der Waals surface area contributed by atoms with Crippen LogP contribution < -0.4 is 10.1 Å². The fraction of sp³-hybridized carbons (Fsp3) is 0.174. The quantitative estimate of drug-likeness (QED) is 0.452. The maximum atomic E-state index is 12.6. The van der Waals surface area contributed by atoms with Crippen LogP contribution in [0.4, 0.5) is 5.82 Å². The smallest absolute Gasteiger partial charge is 0.343 e. The van der Waals surface area contributed by atoms with Crippen LogP contribution >= 0.6 is 0 Å². The number of amides is 1. The molecule has 1 amide bonds. The number of fused-ring (bicyclic) bond motifs is 1. The Labute approximate surface area is 178 Å². The summed E-state index contributed by atoms with van der Waals surface area (Å²) >= 11 is 0. The Hall–Kier alpha value is -4.07. The van der Waals surface area contributed by atoms with Gasteiger partial charge in [0.05, 0.1) is 12.8 Å². The van der Waals surface area contributed by atoms with E-state index in [2.05, 4.69) is 10.4 Å². The van der Waals surface area contributed by atoms with Gasteiger partial charge in [-0.25, -0.2) is 4.79 Å². The molecule has 8 heteroatoms. The van der Waals surface area contributed by atoms with Gasteiger partial charge in [0.2, 0.25) is 0 Å². The normalized spacial score (nSPS) is 10.8. The highest BCUT2D eigenvalue weighted by Gasteiger charge is 2.21. The van der Waals surface area contributed by atoms with E-state index in [4.69, 9.17) is 13.9 Å². The highest BCUT2D eigenvalue weighted by molar-refractivity contribution is 6.05. The lowest BCUT2D eigenvalue weighted by molar-refractivity contribution is 0.0527. The Kier molecular flexibility index (Phi) is 5.70. The first-order chi connectivity index (χ1) is 15.0. The summed E-state index contributed by atoms with van der Waals surface area (Å²) < 4.78 is 17.8. The van der Waals surface area contributed by atoms with Gasteiger partial charge >= 0.3 is 5.97 Å². The molecule has 0 unspecified atom stereocenters. The van der Waals surface area contributed by atoms with Gasteiger partial charge in [-0.2, -0.15) is 5.10 Å². The van der Waals surface area contributed by atoms with Crippen molar-refractivity contribution in [1.29, 1.82) is 0 Å². The molecule has 31 heavy (non-hydrogen) atoms. The molecule has 158 valence electrons. The number of anilines is 1. The van der Waals surface area contributed by atoms with Gasteiger partial charge in [0.25, 0.3) is 5.91 Å². The fourth-order valence-electron chi connectivity index (χ4n) is 3.10. The Bertz CT molecular complexity index is 1240. The van der Waals surface area contributed by atoms with Crippen LogP contribution in [0, 0.1) is 0 Å². The number of benzene rings is 2. The summed E-state index contributed by atoms with van der Waals surface area (Å²) in [5.41, 5.74) is 0.170. The second-order valence-electron chi connectivity index (χ2n) is 6.77. The first-order valence-electron chi connectivity index (χ1n) is 9.76. The Morgan fingerprint density at radius 2 is 1.90 bits per heavy atom. The highest BCUT2D eigenvalue weighted by Crippen LogP contribution is 2.22. The van der Waals surface area contributed by atoms with Gasteiger partial charge in [-0.1, -0.05) is 30.3 Å². The molecule has 0 fully saturated rings. The molecule has 0 bridgehead atoms. The van der Waals surface area contributed by atoms with E-state index in [0.29, 0.717) is 11.5 Å². The predicted molar refractivity (Wildman–Crippen MR) is 114 cm³/mol. The van der Waals surface area contributed by atoms with Crippen LogP contribution in [0.3, 0.4) is 0 Å². The molecular weight excluding hydrogens is 398 g/mol. The molecule has 4 rings (SSSR count). The molecule has 0 radical (unpaired) electrons. The van der Waals surface area contributed by atoms with Gasteiger partial charge in [-0.3, -0.25) is 9.48 Å². The molecule has 1 N–H and O–H groups in total. The van der Waals surface area contributed by atoms with E-state index in [1.807, 2.05) is 42.5 Å². The third-order valence-corrected chi connectivity index (χ3v) is 4.65. The first-order valence-corrected chi connectivity index (χ1v) is 9.76. The lowest BCUT2D eigenvalue weighted by atomic mass is 10.1. The van der Waals surface area contributed by atoms with Crippen LogP contribution in [0.25, 0.3) is 10.8 Å². The summed E-state index contributed by atoms with van der Waals surface area (Å²) in [4.78, 5) is 24.6. The number of hydrogen-bond acceptors (Lipinski definition) is 6. The molecule has 2 heterocycles. The number of aryl methyl sites for hydroxylation is 1. The van der Waals surface area contributed by atoms with Crippen molar-refractivity contribution in [1.82, 2.24) is 9.78 Å². The summed E-state index contributed by atoms with van der Waals surface area (Å²) in [5.74, 6) is 0.451. The maximum Gasteiger partial charge on any atom is 0.343 e. The Morgan fingerprint density at radius 3 is 2.71 bits per heavy atom. The second-order valence-corrected chi connectivity index (χ2v) is 6.77. The molecule has 2 aromatic carbocycles. The molecule has 0 saturated carbocycles. The van der Waals surface area contributed by atoms with Crippen molar-refractivity contribution < 1.29 is 23.5 Å². The minimum absolute atomic E-state index is 0.0909. The Balaban J connectivity index is 1.42. The molecule has 2 aromatic heterocycles. The topological polar surface area (TPSA) is 95.6 Å². The van der Waals surface area contributed by atoms with Crippen molar-refractivity contribution in [3.8, 4) is 5.75 Å². The van der Waals surface area contributed by atoms with E-state index < -0.39 is 11.9 Å². The molecule has 4 aromatic rings. The van der Waals surface area contributed by atoms with Crippen LogP contribution in [-0.2, 0) is 18.4 Å². The minimum atomic E-state index is -0.560. The number of carbonyl (C=O) groups excluding carboxylic acids is 2. The van der Waals surface area contributed by atoms with E-state index in [0.717, 1.165) is 10.8 Å². The third-order valence-electron chi connectivity index (χ3n) is 4.65. The number of furan rings is 1. The zero-order chi connectivity index (χ0) is 21.8. The lowest BCUT2D eigenvalue weighted by Gasteiger charge is -2.07. The molecular formula is C23H21N3O5. The zero-order valence-electron chi connectivity index (χ0n) is 17.1. The van der Waals surface area contributed by atoms with Crippen LogP contribution in [0.15, 0.2) is 65.2 Å². The number of hydrogen-bond donors (Lipinski definition) is 1. The number of esters is 1. The highest BCUT2D eigenvalue weighted by atomic mass is 16.5. The van der Waals surface area contributed by atoms with Gasteiger partial charge in [0.15, 0.2) is 5.76 Å². The summed E-state index contributed by atoms with van der Waals surface area (Å²) in [6.45, 7) is 2.10. The third kappa shape index (κ3) is 4.42. The van der Waals surface area contributed by atoms with E-state index in [9.17, 15) is 9.59 Å².